The van der Waals surface area contributed by atoms with Gasteiger partial charge < -0.3 is 15.7 Å². The summed E-state index contributed by atoms with van der Waals surface area (Å²) in [5.41, 5.74) is -1.17. The number of carbonyl (C=O) groups excluding carboxylic acids is 2. The van der Waals surface area contributed by atoms with Crippen molar-refractivity contribution >= 4 is 29.1 Å². The van der Waals surface area contributed by atoms with Gasteiger partial charge in [0.25, 0.3) is 0 Å². The zero-order valence-corrected chi connectivity index (χ0v) is 8.61. The van der Waals surface area contributed by atoms with Crippen LogP contribution in [0.1, 0.15) is 19.8 Å². The van der Waals surface area contributed by atoms with Crippen LogP contribution in [0.25, 0.3) is 0 Å². The van der Waals surface area contributed by atoms with Crippen LogP contribution in [0.4, 0.5) is 0 Å². The maximum Gasteiger partial charge on any atom is 0.241 e. The maximum atomic E-state index is 11.6. The van der Waals surface area contributed by atoms with Crippen LogP contribution in [0.5, 0.6) is 0 Å². The molecule has 0 aliphatic carbocycles. The van der Waals surface area contributed by atoms with Gasteiger partial charge in [-0.2, -0.15) is 0 Å². The Labute approximate surface area is 86.9 Å². The third-order valence-corrected chi connectivity index (χ3v) is 2.67. The molecule has 5 nitrogen and oxygen atoms in total. The van der Waals surface area contributed by atoms with Gasteiger partial charge in [-0.15, -0.1) is 0 Å². The quantitative estimate of drug-likeness (QED) is 0.430. The van der Waals surface area contributed by atoms with E-state index < -0.39 is 17.2 Å². The predicted molar refractivity (Wildman–Crippen MR) is 53.3 cm³/mol. The van der Waals surface area contributed by atoms with Gasteiger partial charge >= 0.3 is 0 Å². The largest absolute Gasteiger partial charge is 0.396 e. The maximum absolute atomic E-state index is 11.6. The minimum Gasteiger partial charge on any atom is -0.396 e. The zero-order valence-electron chi connectivity index (χ0n) is 7.79. The Bertz CT molecular complexity index is 270. The Morgan fingerprint density at radius 2 is 1.86 bits per heavy atom. The van der Waals surface area contributed by atoms with Crippen molar-refractivity contribution in [2.24, 2.45) is 5.41 Å². The normalized spacial score (nSPS) is 20.3. The second-order valence-corrected chi connectivity index (χ2v) is 3.55. The van der Waals surface area contributed by atoms with Gasteiger partial charge in [-0.05, 0) is 25.1 Å². The molecule has 1 fully saturated rings. The fourth-order valence-electron chi connectivity index (χ4n) is 1.50. The molecule has 1 aliphatic heterocycles. The smallest absolute Gasteiger partial charge is 0.241 e. The standard InChI is InChI=1S/C8H12N2O3S/c1-2-8(3-4-11)5(12)9-7(14)10-6(8)13/h11H,2-4H2,1H3,(H2,9,10,12,13,14). The molecule has 78 valence electrons. The number of aliphatic hydroxyl groups is 1. The summed E-state index contributed by atoms with van der Waals surface area (Å²) in [5, 5.41) is 13.6. The fourth-order valence-corrected chi connectivity index (χ4v) is 1.68. The number of carbonyl (C=O) groups is 2. The van der Waals surface area contributed by atoms with Crippen molar-refractivity contribution in [3.8, 4) is 0 Å². The average molecular weight is 216 g/mol. The highest BCUT2D eigenvalue weighted by molar-refractivity contribution is 7.80. The van der Waals surface area contributed by atoms with Crippen molar-refractivity contribution < 1.29 is 14.7 Å². The zero-order chi connectivity index (χ0) is 10.8. The van der Waals surface area contributed by atoms with Crippen LogP contribution in [0.15, 0.2) is 0 Å². The lowest BCUT2D eigenvalue weighted by atomic mass is 9.79. The first-order valence-corrected chi connectivity index (χ1v) is 4.75. The van der Waals surface area contributed by atoms with Gasteiger partial charge in [0.15, 0.2) is 5.11 Å². The molecule has 1 heterocycles. The highest BCUT2D eigenvalue weighted by atomic mass is 32.1. The molecule has 0 unspecified atom stereocenters. The molecule has 0 spiro atoms. The molecule has 0 aromatic heterocycles. The van der Waals surface area contributed by atoms with Crippen LogP contribution < -0.4 is 10.6 Å². The predicted octanol–water partition coefficient (Wildman–Crippen LogP) is -0.704. The lowest BCUT2D eigenvalue weighted by Crippen LogP contribution is -2.62. The fraction of sp³-hybridized carbons (Fsp3) is 0.625. The molecule has 0 bridgehead atoms. The number of hydrogen-bond donors (Lipinski definition) is 3. The van der Waals surface area contributed by atoms with Crippen molar-refractivity contribution in [2.45, 2.75) is 19.8 Å². The monoisotopic (exact) mass is 216 g/mol. The van der Waals surface area contributed by atoms with E-state index in [0.29, 0.717) is 6.42 Å². The Kier molecular flexibility index (Phi) is 3.17. The highest BCUT2D eigenvalue weighted by Crippen LogP contribution is 2.28. The van der Waals surface area contributed by atoms with Crippen LogP contribution in [0.2, 0.25) is 0 Å². The van der Waals surface area contributed by atoms with Crippen LogP contribution in [-0.2, 0) is 9.59 Å². The summed E-state index contributed by atoms with van der Waals surface area (Å²) in [6.07, 6.45) is 0.456. The van der Waals surface area contributed by atoms with Gasteiger partial charge in [-0.25, -0.2) is 0 Å². The van der Waals surface area contributed by atoms with E-state index in [1.807, 2.05) is 0 Å². The van der Waals surface area contributed by atoms with E-state index in [1.165, 1.54) is 0 Å². The number of amides is 2. The Morgan fingerprint density at radius 1 is 1.36 bits per heavy atom. The molecule has 0 aromatic carbocycles. The summed E-state index contributed by atoms with van der Waals surface area (Å²) in [6.45, 7) is 1.52. The van der Waals surface area contributed by atoms with Gasteiger partial charge in [-0.3, -0.25) is 9.59 Å². The summed E-state index contributed by atoms with van der Waals surface area (Å²) < 4.78 is 0. The number of aliphatic hydroxyl groups excluding tert-OH is 1. The van der Waals surface area contributed by atoms with Crippen molar-refractivity contribution in [1.29, 1.82) is 0 Å². The summed E-state index contributed by atoms with van der Waals surface area (Å²) in [7, 11) is 0. The molecular weight excluding hydrogens is 204 g/mol. The average Bonchev–Trinajstić information content (AvgIpc) is 2.11. The van der Waals surface area contributed by atoms with E-state index in [-0.39, 0.29) is 18.1 Å². The SMILES string of the molecule is CCC1(CCO)C(=O)NC(=S)NC1=O. The molecule has 2 amide bonds. The van der Waals surface area contributed by atoms with E-state index in [0.717, 1.165) is 0 Å². The molecule has 0 radical (unpaired) electrons. The van der Waals surface area contributed by atoms with E-state index in [9.17, 15) is 9.59 Å². The molecule has 0 aromatic rings. The topological polar surface area (TPSA) is 78.4 Å². The Balaban J connectivity index is 2.97. The Hall–Kier alpha value is -1.01. The lowest BCUT2D eigenvalue weighted by Gasteiger charge is -2.33. The molecular formula is C8H12N2O3S. The van der Waals surface area contributed by atoms with Gasteiger partial charge in [-0.1, -0.05) is 6.92 Å². The molecule has 1 rings (SSSR count). The van der Waals surface area contributed by atoms with Gasteiger partial charge in [0.1, 0.15) is 5.41 Å². The molecule has 14 heavy (non-hydrogen) atoms. The van der Waals surface area contributed by atoms with Gasteiger partial charge in [0.05, 0.1) is 0 Å². The van der Waals surface area contributed by atoms with Crippen molar-refractivity contribution in [3.63, 3.8) is 0 Å². The third kappa shape index (κ3) is 1.62. The second-order valence-electron chi connectivity index (χ2n) is 3.15. The van der Waals surface area contributed by atoms with Crippen molar-refractivity contribution in [2.75, 3.05) is 6.61 Å². The minimum absolute atomic E-state index is 0.0296. The summed E-state index contributed by atoms with van der Waals surface area (Å²) in [5.74, 6) is -0.856. The van der Waals surface area contributed by atoms with Crippen LogP contribution in [-0.4, -0.2) is 28.6 Å². The summed E-state index contributed by atoms with van der Waals surface area (Å²) in [4.78, 5) is 23.2. The Morgan fingerprint density at radius 3 is 2.21 bits per heavy atom. The number of nitrogens with one attached hydrogen (secondary N) is 2. The molecule has 6 heteroatoms. The van der Waals surface area contributed by atoms with E-state index >= 15 is 0 Å². The number of hydrogen-bond acceptors (Lipinski definition) is 4. The molecule has 0 saturated carbocycles. The van der Waals surface area contributed by atoms with E-state index in [1.54, 1.807) is 6.92 Å². The van der Waals surface area contributed by atoms with Crippen molar-refractivity contribution in [3.05, 3.63) is 0 Å². The van der Waals surface area contributed by atoms with Crippen LogP contribution in [0, 0.1) is 5.41 Å². The first kappa shape index (κ1) is 11.1. The van der Waals surface area contributed by atoms with Crippen LogP contribution in [0.3, 0.4) is 0 Å². The number of thiocarbonyl (C=S) groups is 1. The third-order valence-electron chi connectivity index (χ3n) is 2.47. The molecule has 3 N–H and O–H groups in total. The van der Waals surface area contributed by atoms with E-state index in [2.05, 4.69) is 22.9 Å². The van der Waals surface area contributed by atoms with Crippen molar-refractivity contribution in [1.82, 2.24) is 10.6 Å². The first-order chi connectivity index (χ1) is 6.56. The van der Waals surface area contributed by atoms with E-state index in [4.69, 9.17) is 5.11 Å². The summed E-state index contributed by atoms with van der Waals surface area (Å²) in [6, 6.07) is 0. The van der Waals surface area contributed by atoms with Gasteiger partial charge in [0.2, 0.25) is 11.8 Å². The molecule has 1 saturated heterocycles. The van der Waals surface area contributed by atoms with Gasteiger partial charge in [0, 0.05) is 6.61 Å². The number of rotatable bonds is 3. The minimum atomic E-state index is -1.17. The lowest BCUT2D eigenvalue weighted by molar-refractivity contribution is -0.145. The summed E-state index contributed by atoms with van der Waals surface area (Å²) >= 11 is 4.67. The molecule has 1 aliphatic rings. The first-order valence-electron chi connectivity index (χ1n) is 4.34. The second kappa shape index (κ2) is 4.02. The van der Waals surface area contributed by atoms with Crippen LogP contribution >= 0.6 is 12.2 Å². The highest BCUT2D eigenvalue weighted by Gasteiger charge is 2.47. The molecule has 0 atom stereocenters.